The Labute approximate surface area is 152 Å². The minimum atomic E-state index is -0.380. The molecule has 0 bridgehead atoms. The molecule has 0 saturated heterocycles. The topological polar surface area (TPSA) is 70.2 Å². The number of benzene rings is 2. The SMILES string of the molecule is C=CCNC(=O)C(C)Nc1ccc(NC(=O)c2ccc(Cl)cc2)cc1. The van der Waals surface area contributed by atoms with E-state index in [0.717, 1.165) is 5.69 Å². The van der Waals surface area contributed by atoms with E-state index in [0.29, 0.717) is 22.8 Å². The van der Waals surface area contributed by atoms with E-state index in [4.69, 9.17) is 11.6 Å². The molecule has 6 heteroatoms. The molecule has 0 fully saturated rings. The number of anilines is 2. The summed E-state index contributed by atoms with van der Waals surface area (Å²) in [6, 6.07) is 13.4. The average molecular weight is 358 g/mol. The molecule has 0 aliphatic heterocycles. The molecule has 0 saturated carbocycles. The highest BCUT2D eigenvalue weighted by Gasteiger charge is 2.11. The van der Waals surface area contributed by atoms with Gasteiger partial charge in [-0.3, -0.25) is 9.59 Å². The van der Waals surface area contributed by atoms with Crippen LogP contribution in [0.2, 0.25) is 5.02 Å². The number of rotatable bonds is 7. The second-order valence-corrected chi connectivity index (χ2v) is 5.87. The molecule has 2 rings (SSSR count). The fourth-order valence-corrected chi connectivity index (χ4v) is 2.22. The Morgan fingerprint density at radius 1 is 1.08 bits per heavy atom. The second-order valence-electron chi connectivity index (χ2n) is 5.44. The lowest BCUT2D eigenvalue weighted by Gasteiger charge is -2.15. The van der Waals surface area contributed by atoms with Gasteiger partial charge in [-0.2, -0.15) is 0 Å². The summed E-state index contributed by atoms with van der Waals surface area (Å²) >= 11 is 5.81. The lowest BCUT2D eigenvalue weighted by atomic mass is 10.2. The summed E-state index contributed by atoms with van der Waals surface area (Å²) in [7, 11) is 0. The first-order valence-electron chi connectivity index (χ1n) is 7.81. The van der Waals surface area contributed by atoms with Crippen LogP contribution in [0, 0.1) is 0 Å². The summed E-state index contributed by atoms with van der Waals surface area (Å²) in [5.41, 5.74) is 1.97. The number of amides is 2. The average Bonchev–Trinajstić information content (AvgIpc) is 2.61. The van der Waals surface area contributed by atoms with Crippen molar-refractivity contribution in [1.82, 2.24) is 5.32 Å². The highest BCUT2D eigenvalue weighted by atomic mass is 35.5. The number of carbonyl (C=O) groups excluding carboxylic acids is 2. The molecular formula is C19H20ClN3O2. The molecule has 2 aromatic carbocycles. The molecule has 130 valence electrons. The monoisotopic (exact) mass is 357 g/mol. The summed E-state index contributed by atoms with van der Waals surface area (Å²) in [6.45, 7) is 5.76. The molecule has 2 amide bonds. The fourth-order valence-electron chi connectivity index (χ4n) is 2.10. The van der Waals surface area contributed by atoms with E-state index in [1.807, 2.05) is 0 Å². The molecule has 0 radical (unpaired) electrons. The van der Waals surface area contributed by atoms with Crippen LogP contribution >= 0.6 is 11.6 Å². The van der Waals surface area contributed by atoms with E-state index in [-0.39, 0.29) is 17.9 Å². The molecule has 0 aliphatic rings. The zero-order valence-electron chi connectivity index (χ0n) is 13.9. The Morgan fingerprint density at radius 2 is 1.68 bits per heavy atom. The third-order valence-electron chi connectivity index (χ3n) is 3.45. The van der Waals surface area contributed by atoms with E-state index in [9.17, 15) is 9.59 Å². The van der Waals surface area contributed by atoms with Crippen molar-refractivity contribution in [2.45, 2.75) is 13.0 Å². The van der Waals surface area contributed by atoms with Crippen LogP contribution in [-0.4, -0.2) is 24.4 Å². The van der Waals surface area contributed by atoms with Gasteiger partial charge < -0.3 is 16.0 Å². The molecule has 0 aromatic heterocycles. The van der Waals surface area contributed by atoms with Gasteiger partial charge in [0.15, 0.2) is 0 Å². The smallest absolute Gasteiger partial charge is 0.255 e. The first-order chi connectivity index (χ1) is 12.0. The van der Waals surface area contributed by atoms with Gasteiger partial charge in [0.25, 0.3) is 5.91 Å². The molecule has 0 spiro atoms. The molecule has 0 heterocycles. The minimum absolute atomic E-state index is 0.111. The van der Waals surface area contributed by atoms with E-state index < -0.39 is 0 Å². The number of carbonyl (C=O) groups is 2. The van der Waals surface area contributed by atoms with Gasteiger partial charge in [-0.25, -0.2) is 0 Å². The fraction of sp³-hybridized carbons (Fsp3) is 0.158. The predicted molar refractivity (Wildman–Crippen MR) is 102 cm³/mol. The largest absolute Gasteiger partial charge is 0.374 e. The molecule has 0 aliphatic carbocycles. The summed E-state index contributed by atoms with van der Waals surface area (Å²) in [5.74, 6) is -0.324. The van der Waals surface area contributed by atoms with Gasteiger partial charge in [-0.1, -0.05) is 17.7 Å². The summed E-state index contributed by atoms with van der Waals surface area (Å²) in [5, 5.41) is 9.21. The van der Waals surface area contributed by atoms with Crippen molar-refractivity contribution < 1.29 is 9.59 Å². The van der Waals surface area contributed by atoms with Crippen molar-refractivity contribution in [3.05, 3.63) is 71.8 Å². The first-order valence-corrected chi connectivity index (χ1v) is 8.19. The van der Waals surface area contributed by atoms with Crippen LogP contribution < -0.4 is 16.0 Å². The third kappa shape index (κ3) is 5.65. The second kappa shape index (κ2) is 8.89. The van der Waals surface area contributed by atoms with Crippen molar-refractivity contribution >= 4 is 34.8 Å². The van der Waals surface area contributed by atoms with Crippen LogP contribution in [0.15, 0.2) is 61.2 Å². The van der Waals surface area contributed by atoms with Crippen molar-refractivity contribution in [3.8, 4) is 0 Å². The van der Waals surface area contributed by atoms with Gasteiger partial charge in [0, 0.05) is 28.5 Å². The summed E-state index contributed by atoms with van der Waals surface area (Å²) in [4.78, 5) is 24.0. The quantitative estimate of drug-likeness (QED) is 0.662. The lowest BCUT2D eigenvalue weighted by molar-refractivity contribution is -0.121. The molecule has 1 atom stereocenters. The number of nitrogens with one attached hydrogen (secondary N) is 3. The Hall–Kier alpha value is -2.79. The highest BCUT2D eigenvalue weighted by molar-refractivity contribution is 6.30. The Bertz CT molecular complexity index is 742. The number of halogens is 1. The standard InChI is InChI=1S/C19H20ClN3O2/c1-3-12-21-18(24)13(2)22-16-8-10-17(11-9-16)23-19(25)14-4-6-15(20)7-5-14/h3-11,13,22H,1,12H2,2H3,(H,21,24)(H,23,25). The molecular weight excluding hydrogens is 338 g/mol. The van der Waals surface area contributed by atoms with Crippen LogP contribution in [0.3, 0.4) is 0 Å². The maximum Gasteiger partial charge on any atom is 0.255 e. The van der Waals surface area contributed by atoms with E-state index in [2.05, 4.69) is 22.5 Å². The normalized spacial score (nSPS) is 11.3. The number of hydrogen-bond donors (Lipinski definition) is 3. The minimum Gasteiger partial charge on any atom is -0.374 e. The van der Waals surface area contributed by atoms with Crippen LogP contribution in [0.4, 0.5) is 11.4 Å². The maximum absolute atomic E-state index is 12.1. The lowest BCUT2D eigenvalue weighted by Crippen LogP contribution is -2.37. The van der Waals surface area contributed by atoms with Crippen LogP contribution in [0.5, 0.6) is 0 Å². The molecule has 25 heavy (non-hydrogen) atoms. The first kappa shape index (κ1) is 18.5. The van der Waals surface area contributed by atoms with Crippen LogP contribution in [-0.2, 0) is 4.79 Å². The van der Waals surface area contributed by atoms with Crippen molar-refractivity contribution in [3.63, 3.8) is 0 Å². The van der Waals surface area contributed by atoms with E-state index in [1.165, 1.54) is 0 Å². The highest BCUT2D eigenvalue weighted by Crippen LogP contribution is 2.16. The van der Waals surface area contributed by atoms with Crippen LogP contribution in [0.25, 0.3) is 0 Å². The Morgan fingerprint density at radius 3 is 2.28 bits per heavy atom. The molecule has 3 N–H and O–H groups in total. The third-order valence-corrected chi connectivity index (χ3v) is 3.70. The zero-order valence-corrected chi connectivity index (χ0v) is 14.6. The molecule has 1 unspecified atom stereocenters. The zero-order chi connectivity index (χ0) is 18.2. The Kier molecular flexibility index (Phi) is 6.60. The summed E-state index contributed by atoms with van der Waals surface area (Å²) in [6.07, 6.45) is 1.63. The predicted octanol–water partition coefficient (Wildman–Crippen LogP) is 3.69. The maximum atomic E-state index is 12.1. The van der Waals surface area contributed by atoms with Gasteiger partial charge >= 0.3 is 0 Å². The van der Waals surface area contributed by atoms with Crippen molar-refractivity contribution in [2.24, 2.45) is 0 Å². The van der Waals surface area contributed by atoms with Gasteiger partial charge in [0.2, 0.25) is 5.91 Å². The van der Waals surface area contributed by atoms with Gasteiger partial charge in [-0.05, 0) is 55.5 Å². The van der Waals surface area contributed by atoms with Crippen LogP contribution in [0.1, 0.15) is 17.3 Å². The van der Waals surface area contributed by atoms with Gasteiger partial charge in [0.1, 0.15) is 6.04 Å². The van der Waals surface area contributed by atoms with Gasteiger partial charge in [-0.15, -0.1) is 6.58 Å². The summed E-state index contributed by atoms with van der Waals surface area (Å²) < 4.78 is 0. The van der Waals surface area contributed by atoms with Crippen molar-refractivity contribution in [1.29, 1.82) is 0 Å². The van der Waals surface area contributed by atoms with Crippen molar-refractivity contribution in [2.75, 3.05) is 17.2 Å². The molecule has 2 aromatic rings. The Balaban J connectivity index is 1.93. The molecule has 5 nitrogen and oxygen atoms in total. The van der Waals surface area contributed by atoms with E-state index in [1.54, 1.807) is 61.5 Å². The van der Waals surface area contributed by atoms with Gasteiger partial charge in [0.05, 0.1) is 0 Å². The number of hydrogen-bond acceptors (Lipinski definition) is 3. The van der Waals surface area contributed by atoms with E-state index >= 15 is 0 Å².